The molecule has 0 saturated carbocycles. The van der Waals surface area contributed by atoms with Gasteiger partial charge in [0, 0.05) is 29.9 Å². The minimum Gasteiger partial charge on any atom is -0.508 e. The third-order valence-electron chi connectivity index (χ3n) is 3.79. The molecule has 5 heteroatoms. The topological polar surface area (TPSA) is 87.7 Å². The number of methoxy groups -OCH3 is 1. The molecule has 0 fully saturated rings. The van der Waals surface area contributed by atoms with Gasteiger partial charge < -0.3 is 26.0 Å². The van der Waals surface area contributed by atoms with E-state index >= 15 is 0 Å². The summed E-state index contributed by atoms with van der Waals surface area (Å²) in [5, 5.41) is 22.9. The van der Waals surface area contributed by atoms with Gasteiger partial charge in [0.2, 0.25) is 0 Å². The van der Waals surface area contributed by atoms with Crippen molar-refractivity contribution in [2.75, 3.05) is 19.4 Å². The monoisotopic (exact) mass is 316 g/mol. The van der Waals surface area contributed by atoms with Crippen molar-refractivity contribution in [1.29, 1.82) is 0 Å². The van der Waals surface area contributed by atoms with Crippen LogP contribution in [0.4, 0.5) is 5.69 Å². The molecule has 0 heterocycles. The molecular weight excluding hydrogens is 292 g/mol. The summed E-state index contributed by atoms with van der Waals surface area (Å²) in [6.07, 6.45) is 0.135. The molecule has 0 aromatic heterocycles. The standard InChI is InChI=1S/C18H24N2O3/c1-12(9-13-3-6-15(23-2)7-4-13)20-11-18(22)16-8-5-14(21)10-17(16)19/h3-8,10,12,18,20-22H,9,11,19H2,1-2H3. The SMILES string of the molecule is COc1ccc(CC(C)NCC(O)c2ccc(O)cc2N)cc1. The lowest BCUT2D eigenvalue weighted by Crippen LogP contribution is -2.32. The number of ether oxygens (including phenoxy) is 1. The van der Waals surface area contributed by atoms with Gasteiger partial charge in [0.1, 0.15) is 11.5 Å². The third kappa shape index (κ3) is 4.87. The molecule has 2 aromatic carbocycles. The van der Waals surface area contributed by atoms with E-state index in [4.69, 9.17) is 10.5 Å². The molecule has 0 radical (unpaired) electrons. The van der Waals surface area contributed by atoms with Crippen molar-refractivity contribution < 1.29 is 14.9 Å². The number of rotatable bonds is 7. The lowest BCUT2D eigenvalue weighted by molar-refractivity contribution is 0.171. The molecule has 0 aliphatic rings. The van der Waals surface area contributed by atoms with E-state index in [0.29, 0.717) is 17.8 Å². The minimum absolute atomic E-state index is 0.0966. The fraction of sp³-hybridized carbons (Fsp3) is 0.333. The van der Waals surface area contributed by atoms with E-state index in [2.05, 4.69) is 12.2 Å². The van der Waals surface area contributed by atoms with Gasteiger partial charge in [-0.1, -0.05) is 18.2 Å². The number of phenolic OH excluding ortho intramolecular Hbond substituents is 1. The molecule has 0 aliphatic heterocycles. The Hall–Kier alpha value is -2.24. The van der Waals surface area contributed by atoms with Crippen molar-refractivity contribution in [1.82, 2.24) is 5.32 Å². The highest BCUT2D eigenvalue weighted by Gasteiger charge is 2.13. The molecule has 23 heavy (non-hydrogen) atoms. The van der Waals surface area contributed by atoms with E-state index in [0.717, 1.165) is 12.2 Å². The molecule has 0 aliphatic carbocycles. The molecule has 5 N–H and O–H groups in total. The van der Waals surface area contributed by atoms with Gasteiger partial charge in [0.05, 0.1) is 13.2 Å². The second kappa shape index (κ2) is 7.85. The number of aliphatic hydroxyl groups is 1. The lowest BCUT2D eigenvalue weighted by Gasteiger charge is -2.19. The van der Waals surface area contributed by atoms with Crippen LogP contribution in [0.2, 0.25) is 0 Å². The van der Waals surface area contributed by atoms with Crippen LogP contribution in [-0.4, -0.2) is 29.9 Å². The van der Waals surface area contributed by atoms with Crippen molar-refractivity contribution in [2.24, 2.45) is 0 Å². The van der Waals surface area contributed by atoms with Crippen LogP contribution in [0.3, 0.4) is 0 Å². The van der Waals surface area contributed by atoms with Crippen LogP contribution in [-0.2, 0) is 6.42 Å². The maximum Gasteiger partial charge on any atom is 0.118 e. The molecule has 0 spiro atoms. The fourth-order valence-corrected chi connectivity index (χ4v) is 2.48. The van der Waals surface area contributed by atoms with Crippen LogP contribution < -0.4 is 15.8 Å². The van der Waals surface area contributed by atoms with Gasteiger partial charge in [-0.2, -0.15) is 0 Å². The Balaban J connectivity index is 1.86. The Labute approximate surface area is 136 Å². The maximum absolute atomic E-state index is 10.2. The highest BCUT2D eigenvalue weighted by molar-refractivity contribution is 5.52. The predicted molar refractivity (Wildman–Crippen MR) is 91.6 cm³/mol. The van der Waals surface area contributed by atoms with Gasteiger partial charge >= 0.3 is 0 Å². The van der Waals surface area contributed by atoms with E-state index in [1.165, 1.54) is 17.7 Å². The molecule has 0 bridgehead atoms. The van der Waals surface area contributed by atoms with E-state index in [1.807, 2.05) is 24.3 Å². The first-order valence-electron chi connectivity index (χ1n) is 7.62. The van der Waals surface area contributed by atoms with Crippen molar-refractivity contribution in [3.8, 4) is 11.5 Å². The highest BCUT2D eigenvalue weighted by Crippen LogP contribution is 2.24. The van der Waals surface area contributed by atoms with Crippen LogP contribution in [0.25, 0.3) is 0 Å². The van der Waals surface area contributed by atoms with Gasteiger partial charge in [-0.3, -0.25) is 0 Å². The molecule has 2 unspecified atom stereocenters. The number of phenols is 1. The third-order valence-corrected chi connectivity index (χ3v) is 3.79. The Bertz CT molecular complexity index is 629. The number of aromatic hydroxyl groups is 1. The first-order chi connectivity index (χ1) is 11.0. The van der Waals surface area contributed by atoms with E-state index in [-0.39, 0.29) is 11.8 Å². The smallest absolute Gasteiger partial charge is 0.118 e. The first kappa shape index (κ1) is 17.1. The Morgan fingerprint density at radius 1 is 1.17 bits per heavy atom. The molecule has 5 nitrogen and oxygen atoms in total. The van der Waals surface area contributed by atoms with Crippen molar-refractivity contribution in [2.45, 2.75) is 25.5 Å². The van der Waals surface area contributed by atoms with Crippen LogP contribution >= 0.6 is 0 Å². The largest absolute Gasteiger partial charge is 0.508 e. The highest BCUT2D eigenvalue weighted by atomic mass is 16.5. The minimum atomic E-state index is -0.714. The Morgan fingerprint density at radius 3 is 2.48 bits per heavy atom. The number of aliphatic hydroxyl groups excluding tert-OH is 1. The van der Waals surface area contributed by atoms with Crippen molar-refractivity contribution >= 4 is 5.69 Å². The summed E-state index contributed by atoms with van der Waals surface area (Å²) in [5.74, 6) is 0.937. The summed E-state index contributed by atoms with van der Waals surface area (Å²) in [7, 11) is 1.65. The normalized spacial score (nSPS) is 13.5. The first-order valence-corrected chi connectivity index (χ1v) is 7.62. The quantitative estimate of drug-likeness (QED) is 0.588. The Kier molecular flexibility index (Phi) is 5.84. The van der Waals surface area contributed by atoms with Crippen molar-refractivity contribution in [3.05, 3.63) is 53.6 Å². The molecular formula is C18H24N2O3. The number of nitrogen functional groups attached to an aromatic ring is 1. The fourth-order valence-electron chi connectivity index (χ4n) is 2.48. The summed E-state index contributed by atoms with van der Waals surface area (Å²) < 4.78 is 5.14. The van der Waals surface area contributed by atoms with Gasteiger partial charge in [-0.05, 0) is 37.1 Å². The summed E-state index contributed by atoms with van der Waals surface area (Å²) in [6, 6.07) is 12.8. The second-order valence-corrected chi connectivity index (χ2v) is 5.69. The number of nitrogens with one attached hydrogen (secondary N) is 1. The number of hydrogen-bond acceptors (Lipinski definition) is 5. The summed E-state index contributed by atoms with van der Waals surface area (Å²) in [5.41, 5.74) is 8.03. The molecule has 0 saturated heterocycles. The van der Waals surface area contributed by atoms with Crippen LogP contribution in [0.1, 0.15) is 24.2 Å². The number of hydrogen-bond donors (Lipinski definition) is 4. The molecule has 2 atom stereocenters. The van der Waals surface area contributed by atoms with Gasteiger partial charge in [-0.25, -0.2) is 0 Å². The Morgan fingerprint density at radius 2 is 1.87 bits per heavy atom. The number of anilines is 1. The van der Waals surface area contributed by atoms with Crippen LogP contribution in [0.15, 0.2) is 42.5 Å². The van der Waals surface area contributed by atoms with Gasteiger partial charge in [0.25, 0.3) is 0 Å². The molecule has 2 aromatic rings. The predicted octanol–water partition coefficient (Wildman–Crippen LogP) is 2.24. The number of nitrogens with two attached hydrogens (primary N) is 1. The molecule has 0 amide bonds. The van der Waals surface area contributed by atoms with E-state index < -0.39 is 6.10 Å². The zero-order valence-corrected chi connectivity index (χ0v) is 13.5. The maximum atomic E-state index is 10.2. The zero-order valence-electron chi connectivity index (χ0n) is 13.5. The average molecular weight is 316 g/mol. The molecule has 2 rings (SSSR count). The van der Waals surface area contributed by atoms with E-state index in [1.54, 1.807) is 13.2 Å². The number of benzene rings is 2. The van der Waals surface area contributed by atoms with Gasteiger partial charge in [-0.15, -0.1) is 0 Å². The van der Waals surface area contributed by atoms with Gasteiger partial charge in [0.15, 0.2) is 0 Å². The van der Waals surface area contributed by atoms with Crippen LogP contribution in [0.5, 0.6) is 11.5 Å². The summed E-state index contributed by atoms with van der Waals surface area (Å²) >= 11 is 0. The summed E-state index contributed by atoms with van der Waals surface area (Å²) in [4.78, 5) is 0. The second-order valence-electron chi connectivity index (χ2n) is 5.69. The molecule has 124 valence electrons. The zero-order chi connectivity index (χ0) is 16.8. The average Bonchev–Trinajstić information content (AvgIpc) is 2.53. The summed E-state index contributed by atoms with van der Waals surface area (Å²) in [6.45, 7) is 2.46. The van der Waals surface area contributed by atoms with E-state index in [9.17, 15) is 10.2 Å². The lowest BCUT2D eigenvalue weighted by atomic mass is 10.0. The van der Waals surface area contributed by atoms with Crippen molar-refractivity contribution in [3.63, 3.8) is 0 Å². The van der Waals surface area contributed by atoms with Crippen LogP contribution in [0, 0.1) is 0 Å².